The molecular formula is C15H22N4OS. The molecule has 1 heterocycles. The van der Waals surface area contributed by atoms with Crippen molar-refractivity contribution in [2.75, 3.05) is 7.05 Å². The fourth-order valence-corrected chi connectivity index (χ4v) is 3.77. The van der Waals surface area contributed by atoms with Crippen molar-refractivity contribution < 1.29 is 4.79 Å². The predicted molar refractivity (Wildman–Crippen MR) is 87.2 cm³/mol. The number of hydrogen-bond acceptors (Lipinski definition) is 4. The van der Waals surface area contributed by atoms with Gasteiger partial charge in [0.15, 0.2) is 0 Å². The maximum Gasteiger partial charge on any atom is 0.267 e. The van der Waals surface area contributed by atoms with Crippen LogP contribution in [0.15, 0.2) is 23.1 Å². The van der Waals surface area contributed by atoms with Crippen molar-refractivity contribution in [3.63, 3.8) is 0 Å². The fourth-order valence-electron chi connectivity index (χ4n) is 2.47. The van der Waals surface area contributed by atoms with Crippen molar-refractivity contribution in [1.29, 1.82) is 5.41 Å². The van der Waals surface area contributed by atoms with Gasteiger partial charge >= 0.3 is 0 Å². The van der Waals surface area contributed by atoms with Gasteiger partial charge in [-0.3, -0.25) is 4.79 Å². The lowest BCUT2D eigenvalue weighted by molar-refractivity contribution is 0.0955. The molecule has 0 bridgehead atoms. The molecule has 6 heteroatoms. The van der Waals surface area contributed by atoms with Crippen molar-refractivity contribution in [2.24, 2.45) is 18.7 Å². The average Bonchev–Trinajstić information content (AvgIpc) is 2.76. The van der Waals surface area contributed by atoms with Crippen LogP contribution in [-0.4, -0.2) is 35.0 Å². The number of amides is 1. The number of hydrogen-bond donors (Lipinski definition) is 3. The summed E-state index contributed by atoms with van der Waals surface area (Å²) < 4.78 is 1.91. The summed E-state index contributed by atoms with van der Waals surface area (Å²) in [6, 6.07) is 1.87. The van der Waals surface area contributed by atoms with Crippen LogP contribution < -0.4 is 11.1 Å². The van der Waals surface area contributed by atoms with E-state index in [0.29, 0.717) is 5.69 Å². The molecule has 0 radical (unpaired) electrons. The first-order chi connectivity index (χ1) is 9.97. The van der Waals surface area contributed by atoms with Gasteiger partial charge in [0.2, 0.25) is 0 Å². The zero-order valence-electron chi connectivity index (χ0n) is 12.6. The summed E-state index contributed by atoms with van der Waals surface area (Å²) in [7, 11) is 3.54. The summed E-state index contributed by atoms with van der Waals surface area (Å²) in [5, 5.41) is 10.4. The number of aromatic nitrogens is 1. The van der Waals surface area contributed by atoms with Gasteiger partial charge in [-0.25, -0.2) is 0 Å². The van der Waals surface area contributed by atoms with Crippen LogP contribution in [0.1, 0.15) is 22.6 Å². The molecule has 3 unspecified atom stereocenters. The Morgan fingerprint density at radius 2 is 2.29 bits per heavy atom. The number of nitrogens with zero attached hydrogens (tertiary/aromatic N) is 1. The predicted octanol–water partition coefficient (Wildman–Crippen LogP) is 1.71. The Hall–Kier alpha value is -1.53. The van der Waals surface area contributed by atoms with Crippen molar-refractivity contribution in [3.8, 4) is 0 Å². The molecule has 1 aliphatic rings. The molecule has 1 aromatic heterocycles. The molecule has 0 aliphatic heterocycles. The van der Waals surface area contributed by atoms with E-state index in [9.17, 15) is 4.79 Å². The first kappa shape index (κ1) is 15.9. The first-order valence-electron chi connectivity index (χ1n) is 6.97. The van der Waals surface area contributed by atoms with Gasteiger partial charge in [-0.2, -0.15) is 0 Å². The maximum absolute atomic E-state index is 11.8. The van der Waals surface area contributed by atoms with Crippen LogP contribution in [0.25, 0.3) is 0 Å². The quantitative estimate of drug-likeness (QED) is 0.585. The van der Waals surface area contributed by atoms with Gasteiger partial charge in [0.25, 0.3) is 5.91 Å². The molecule has 0 aromatic carbocycles. The highest BCUT2D eigenvalue weighted by Crippen LogP contribution is 2.34. The topological polar surface area (TPSA) is 83.9 Å². The van der Waals surface area contributed by atoms with Crippen LogP contribution in [0.4, 0.5) is 0 Å². The third-order valence-electron chi connectivity index (χ3n) is 3.99. The third kappa shape index (κ3) is 3.22. The Kier molecular flexibility index (Phi) is 4.90. The summed E-state index contributed by atoms with van der Waals surface area (Å²) in [4.78, 5) is 12.9. The van der Waals surface area contributed by atoms with Gasteiger partial charge in [0, 0.05) is 48.1 Å². The van der Waals surface area contributed by atoms with Crippen LogP contribution in [0.2, 0.25) is 0 Å². The Morgan fingerprint density at radius 3 is 2.90 bits per heavy atom. The largest absolute Gasteiger partial charge is 0.354 e. The van der Waals surface area contributed by atoms with Gasteiger partial charge < -0.3 is 21.0 Å². The first-order valence-corrected chi connectivity index (χ1v) is 7.85. The second-order valence-electron chi connectivity index (χ2n) is 5.30. The highest BCUT2D eigenvalue weighted by molar-refractivity contribution is 8.00. The van der Waals surface area contributed by atoms with E-state index in [0.717, 1.165) is 17.0 Å². The number of rotatable bonds is 4. The smallest absolute Gasteiger partial charge is 0.267 e. The summed E-state index contributed by atoms with van der Waals surface area (Å²) in [5.41, 5.74) is 7.70. The van der Waals surface area contributed by atoms with E-state index in [1.807, 2.05) is 30.7 Å². The van der Waals surface area contributed by atoms with Crippen LogP contribution in [-0.2, 0) is 7.05 Å². The van der Waals surface area contributed by atoms with E-state index in [2.05, 4.69) is 11.4 Å². The molecule has 0 saturated heterocycles. The molecule has 2 rings (SSSR count). The summed E-state index contributed by atoms with van der Waals surface area (Å²) in [5.74, 6) is 0.0148. The molecule has 4 N–H and O–H groups in total. The zero-order valence-corrected chi connectivity index (χ0v) is 13.4. The Morgan fingerprint density at radius 1 is 1.57 bits per heavy atom. The molecule has 0 saturated carbocycles. The van der Waals surface area contributed by atoms with E-state index in [1.54, 1.807) is 18.8 Å². The molecule has 1 aliphatic carbocycles. The number of nitrogens with one attached hydrogen (secondary N) is 2. The molecule has 5 nitrogen and oxygen atoms in total. The Bertz CT molecular complexity index is 578. The van der Waals surface area contributed by atoms with Gasteiger partial charge in [-0.05, 0) is 19.4 Å². The van der Waals surface area contributed by atoms with E-state index in [1.165, 1.54) is 6.21 Å². The summed E-state index contributed by atoms with van der Waals surface area (Å²) in [6.45, 7) is 2.02. The van der Waals surface area contributed by atoms with E-state index in [-0.39, 0.29) is 23.1 Å². The van der Waals surface area contributed by atoms with Gasteiger partial charge in [0.05, 0.1) is 0 Å². The van der Waals surface area contributed by atoms with E-state index >= 15 is 0 Å². The number of carbonyl (C=O) groups excluding carboxylic acids is 1. The number of thioether (sulfide) groups is 1. The molecule has 0 spiro atoms. The third-order valence-corrected chi connectivity index (χ3v) is 5.31. The normalized spacial score (nSPS) is 24.9. The van der Waals surface area contributed by atoms with Crippen LogP contribution in [0, 0.1) is 18.3 Å². The van der Waals surface area contributed by atoms with Gasteiger partial charge in [-0.1, -0.05) is 12.2 Å². The Balaban J connectivity index is 2.19. The maximum atomic E-state index is 11.8. The number of carbonyl (C=O) groups is 1. The average molecular weight is 306 g/mol. The van der Waals surface area contributed by atoms with Crippen molar-refractivity contribution in [2.45, 2.75) is 29.5 Å². The lowest BCUT2D eigenvalue weighted by Crippen LogP contribution is -2.34. The minimum atomic E-state index is -0.0778. The summed E-state index contributed by atoms with van der Waals surface area (Å²) >= 11 is 1.73. The van der Waals surface area contributed by atoms with Crippen LogP contribution in [0.3, 0.4) is 0 Å². The lowest BCUT2D eigenvalue weighted by atomic mass is 9.91. The van der Waals surface area contributed by atoms with E-state index < -0.39 is 0 Å². The standard InChI is InChI=1S/C15H22N4OS/c1-9-14(7-13(19(9)3)15(20)18-2)21-11-4-5-12(17)10(6-11)8-16/h4-5,7-8,10-12,16H,6,17H2,1-3H3,(H,18,20). The molecule has 3 atom stereocenters. The van der Waals surface area contributed by atoms with Crippen molar-refractivity contribution in [1.82, 2.24) is 9.88 Å². The number of nitrogens with two attached hydrogens (primary N) is 1. The second-order valence-corrected chi connectivity index (χ2v) is 6.58. The van der Waals surface area contributed by atoms with Crippen LogP contribution in [0.5, 0.6) is 0 Å². The zero-order chi connectivity index (χ0) is 15.6. The highest BCUT2D eigenvalue weighted by atomic mass is 32.2. The highest BCUT2D eigenvalue weighted by Gasteiger charge is 2.24. The molecular weight excluding hydrogens is 284 g/mol. The van der Waals surface area contributed by atoms with E-state index in [4.69, 9.17) is 11.1 Å². The second kappa shape index (κ2) is 6.49. The Labute approximate surface area is 129 Å². The monoisotopic (exact) mass is 306 g/mol. The molecule has 114 valence electrons. The molecule has 21 heavy (non-hydrogen) atoms. The minimum Gasteiger partial charge on any atom is -0.354 e. The van der Waals surface area contributed by atoms with Crippen molar-refractivity contribution >= 4 is 23.9 Å². The van der Waals surface area contributed by atoms with Crippen molar-refractivity contribution in [3.05, 3.63) is 29.6 Å². The van der Waals surface area contributed by atoms with Gasteiger partial charge in [0.1, 0.15) is 5.69 Å². The SMILES string of the molecule is CNC(=O)c1cc(SC2C=CC(N)C(C=N)C2)c(C)n1C. The minimum absolute atomic E-state index is 0.0577. The van der Waals surface area contributed by atoms with Gasteiger partial charge in [-0.15, -0.1) is 11.8 Å². The fraction of sp³-hybridized carbons (Fsp3) is 0.467. The summed E-state index contributed by atoms with van der Waals surface area (Å²) in [6.07, 6.45) is 6.39. The lowest BCUT2D eigenvalue weighted by Gasteiger charge is -2.26. The molecule has 1 amide bonds. The molecule has 1 aromatic rings. The molecule has 0 fully saturated rings. The van der Waals surface area contributed by atoms with Crippen LogP contribution >= 0.6 is 11.8 Å².